The summed E-state index contributed by atoms with van der Waals surface area (Å²) in [4.78, 5) is 16.7. The fourth-order valence-electron chi connectivity index (χ4n) is 4.43. The van der Waals surface area contributed by atoms with Gasteiger partial charge in [-0.3, -0.25) is 19.9 Å². The fraction of sp³-hybridized carbons (Fsp3) is 0.591. The number of hydrogen-bond donors (Lipinski definition) is 1. The highest BCUT2D eigenvalue weighted by molar-refractivity contribution is 8.14. The number of pyridine rings is 1. The van der Waals surface area contributed by atoms with E-state index >= 15 is 0 Å². The summed E-state index contributed by atoms with van der Waals surface area (Å²) >= 11 is 1.84. The van der Waals surface area contributed by atoms with Crippen LogP contribution in [0.4, 0.5) is 5.69 Å². The molecule has 0 amide bonds. The van der Waals surface area contributed by atoms with E-state index in [2.05, 4.69) is 72.2 Å². The van der Waals surface area contributed by atoms with Crippen molar-refractivity contribution in [3.63, 3.8) is 0 Å². The molecule has 150 valence electrons. The Morgan fingerprint density at radius 2 is 2.00 bits per heavy atom. The highest BCUT2D eigenvalue weighted by atomic mass is 32.2. The number of aryl methyl sites for hydroxylation is 2. The molecule has 0 spiro atoms. The molecule has 4 heterocycles. The first kappa shape index (κ1) is 19.6. The second-order valence-corrected chi connectivity index (χ2v) is 9.63. The van der Waals surface area contributed by atoms with Gasteiger partial charge >= 0.3 is 0 Å². The standard InChI is InChI=1S/C22H31N5S/c1-14-10-19(11-15(2)24-14)23-12-18-6-5-9-27(13-18)16(3)20-7-8-21-22(26-20)25-17(4)28-21/h7-8,10-11,16,18,21-22H,5-6,9,12-13H2,1-4H3,(H,23,24)/t16-,18+,21?,22?/m0/s1. The van der Waals surface area contributed by atoms with Crippen molar-refractivity contribution in [2.75, 3.05) is 25.0 Å². The highest BCUT2D eigenvalue weighted by Gasteiger charge is 2.32. The number of nitrogens with zero attached hydrogens (tertiary/aromatic N) is 4. The first-order valence-electron chi connectivity index (χ1n) is 10.4. The number of dihydropyridines is 1. The van der Waals surface area contributed by atoms with Gasteiger partial charge in [0.2, 0.25) is 0 Å². The van der Waals surface area contributed by atoms with Crippen molar-refractivity contribution in [3.8, 4) is 0 Å². The first-order valence-corrected chi connectivity index (χ1v) is 11.3. The average molecular weight is 398 g/mol. The molecule has 0 aromatic carbocycles. The van der Waals surface area contributed by atoms with E-state index in [9.17, 15) is 0 Å². The molecule has 3 aliphatic heterocycles. The molecule has 4 rings (SSSR count). The van der Waals surface area contributed by atoms with E-state index in [1.165, 1.54) is 24.2 Å². The maximum absolute atomic E-state index is 4.96. The lowest BCUT2D eigenvalue weighted by atomic mass is 9.95. The molecule has 1 saturated heterocycles. The average Bonchev–Trinajstić information content (AvgIpc) is 3.04. The van der Waals surface area contributed by atoms with Crippen LogP contribution in [0.2, 0.25) is 0 Å². The van der Waals surface area contributed by atoms with Crippen LogP contribution in [0.25, 0.3) is 0 Å². The van der Waals surface area contributed by atoms with Gasteiger partial charge in [0.1, 0.15) is 0 Å². The Labute approximate surface area is 172 Å². The van der Waals surface area contributed by atoms with Crippen molar-refractivity contribution in [2.45, 2.75) is 58.0 Å². The molecule has 0 bridgehead atoms. The van der Waals surface area contributed by atoms with Gasteiger partial charge in [-0.05, 0) is 71.2 Å². The van der Waals surface area contributed by atoms with E-state index in [1.54, 1.807) is 0 Å². The van der Waals surface area contributed by atoms with Crippen molar-refractivity contribution in [3.05, 3.63) is 35.7 Å². The number of anilines is 1. The molecule has 1 fully saturated rings. The molecule has 0 saturated carbocycles. The van der Waals surface area contributed by atoms with Gasteiger partial charge in [-0.15, -0.1) is 0 Å². The fourth-order valence-corrected chi connectivity index (χ4v) is 5.39. The van der Waals surface area contributed by atoms with Crippen molar-refractivity contribution < 1.29 is 0 Å². The van der Waals surface area contributed by atoms with E-state index < -0.39 is 0 Å². The Hall–Kier alpha value is -1.66. The maximum atomic E-state index is 4.96. The van der Waals surface area contributed by atoms with Crippen molar-refractivity contribution >= 4 is 28.2 Å². The van der Waals surface area contributed by atoms with Gasteiger partial charge < -0.3 is 5.32 Å². The van der Waals surface area contributed by atoms with Crippen LogP contribution in [-0.4, -0.2) is 57.7 Å². The van der Waals surface area contributed by atoms with Gasteiger partial charge in [-0.25, -0.2) is 0 Å². The number of nitrogens with one attached hydrogen (secondary N) is 1. The Balaban J connectivity index is 1.35. The van der Waals surface area contributed by atoms with Crippen LogP contribution in [0.3, 0.4) is 0 Å². The first-order chi connectivity index (χ1) is 13.5. The number of thioether (sulfide) groups is 1. The monoisotopic (exact) mass is 397 g/mol. The normalized spacial score (nSPS) is 28.5. The second kappa shape index (κ2) is 8.37. The lowest BCUT2D eigenvalue weighted by molar-refractivity contribution is 0.166. The van der Waals surface area contributed by atoms with Crippen LogP contribution in [0.1, 0.15) is 38.1 Å². The zero-order valence-corrected chi connectivity index (χ0v) is 18.2. The third-order valence-corrected chi connectivity index (χ3v) is 6.97. The molecule has 3 aliphatic rings. The van der Waals surface area contributed by atoms with E-state index in [0.29, 0.717) is 17.2 Å². The molecule has 28 heavy (non-hydrogen) atoms. The molecular formula is C22H31N5S. The van der Waals surface area contributed by atoms with E-state index in [4.69, 9.17) is 4.99 Å². The van der Waals surface area contributed by atoms with Gasteiger partial charge in [0.25, 0.3) is 0 Å². The second-order valence-electron chi connectivity index (χ2n) is 8.26. The summed E-state index contributed by atoms with van der Waals surface area (Å²) in [6.07, 6.45) is 7.16. The lowest BCUT2D eigenvalue weighted by Gasteiger charge is -2.37. The third-order valence-electron chi connectivity index (χ3n) is 5.86. The Morgan fingerprint density at radius 1 is 1.21 bits per heavy atom. The minimum absolute atomic E-state index is 0.0906. The molecule has 2 unspecified atom stereocenters. The van der Waals surface area contributed by atoms with Crippen LogP contribution in [0.5, 0.6) is 0 Å². The number of likely N-dealkylation sites (tertiary alicyclic amines) is 1. The summed E-state index contributed by atoms with van der Waals surface area (Å²) in [6.45, 7) is 11.8. The molecule has 1 aromatic rings. The zero-order valence-electron chi connectivity index (χ0n) is 17.4. The predicted octanol–water partition coefficient (Wildman–Crippen LogP) is 4.08. The predicted molar refractivity (Wildman–Crippen MR) is 121 cm³/mol. The van der Waals surface area contributed by atoms with E-state index in [0.717, 1.165) is 36.1 Å². The minimum Gasteiger partial charge on any atom is -0.385 e. The maximum Gasteiger partial charge on any atom is 0.156 e. The van der Waals surface area contributed by atoms with Crippen molar-refractivity contribution in [1.29, 1.82) is 0 Å². The van der Waals surface area contributed by atoms with Crippen LogP contribution >= 0.6 is 11.8 Å². The SMILES string of the molecule is CC1=NC2N=C([C@H](C)N3CCC[C@H](CNc4cc(C)nc(C)c4)C3)C=CC2S1. The minimum atomic E-state index is 0.0906. The number of fused-ring (bicyclic) bond motifs is 1. The van der Waals surface area contributed by atoms with Gasteiger partial charge in [-0.2, -0.15) is 0 Å². The molecular weight excluding hydrogens is 366 g/mol. The smallest absolute Gasteiger partial charge is 0.156 e. The molecule has 0 radical (unpaired) electrons. The van der Waals surface area contributed by atoms with Gasteiger partial charge in [0, 0.05) is 36.2 Å². The van der Waals surface area contributed by atoms with Crippen LogP contribution < -0.4 is 5.32 Å². The van der Waals surface area contributed by atoms with Gasteiger partial charge in [0.15, 0.2) is 6.17 Å². The number of rotatable bonds is 5. The third kappa shape index (κ3) is 4.49. The van der Waals surface area contributed by atoms with Gasteiger partial charge in [-0.1, -0.05) is 17.8 Å². The largest absolute Gasteiger partial charge is 0.385 e. The molecule has 0 aliphatic carbocycles. The number of piperidine rings is 1. The molecule has 1 aromatic heterocycles. The number of aliphatic imine (C=N–C) groups is 2. The van der Waals surface area contributed by atoms with Crippen molar-refractivity contribution in [1.82, 2.24) is 9.88 Å². The van der Waals surface area contributed by atoms with Crippen LogP contribution in [-0.2, 0) is 0 Å². The quantitative estimate of drug-likeness (QED) is 0.813. The summed E-state index contributed by atoms with van der Waals surface area (Å²) in [5, 5.41) is 5.20. The summed E-state index contributed by atoms with van der Waals surface area (Å²) in [5.74, 6) is 0.660. The molecule has 6 heteroatoms. The molecule has 4 atom stereocenters. The summed E-state index contributed by atoms with van der Waals surface area (Å²) in [6, 6.07) is 4.62. The van der Waals surface area contributed by atoms with E-state index in [1.807, 2.05) is 11.8 Å². The van der Waals surface area contributed by atoms with Gasteiger partial charge in [0.05, 0.1) is 16.0 Å². The van der Waals surface area contributed by atoms with Crippen LogP contribution in [0, 0.1) is 19.8 Å². The Kier molecular flexibility index (Phi) is 5.88. The topological polar surface area (TPSA) is 52.9 Å². The van der Waals surface area contributed by atoms with Crippen LogP contribution in [0.15, 0.2) is 34.3 Å². The lowest BCUT2D eigenvalue weighted by Crippen LogP contribution is -2.46. The zero-order chi connectivity index (χ0) is 19.7. The van der Waals surface area contributed by atoms with E-state index in [-0.39, 0.29) is 6.17 Å². The number of hydrogen-bond acceptors (Lipinski definition) is 6. The van der Waals surface area contributed by atoms with Crippen molar-refractivity contribution in [2.24, 2.45) is 15.9 Å². The summed E-state index contributed by atoms with van der Waals surface area (Å²) in [7, 11) is 0. The Morgan fingerprint density at radius 3 is 2.79 bits per heavy atom. The summed E-state index contributed by atoms with van der Waals surface area (Å²) in [5.41, 5.74) is 4.52. The highest BCUT2D eigenvalue weighted by Crippen LogP contribution is 2.32. The molecule has 1 N–H and O–H groups in total. The molecule has 5 nitrogen and oxygen atoms in total. The summed E-state index contributed by atoms with van der Waals surface area (Å²) < 4.78 is 0. The number of aromatic nitrogens is 1. The Bertz CT molecular complexity index is 795.